The monoisotopic (exact) mass is 309 g/mol. The number of nitrogens with zero attached hydrogens (tertiary/aromatic N) is 3. The van der Waals surface area contributed by atoms with Crippen molar-refractivity contribution < 1.29 is 9.53 Å². The fourth-order valence-electron chi connectivity index (χ4n) is 2.73. The van der Waals surface area contributed by atoms with E-state index in [0.717, 1.165) is 18.8 Å². The Morgan fingerprint density at radius 2 is 2.48 bits per heavy atom. The van der Waals surface area contributed by atoms with E-state index in [9.17, 15) is 9.59 Å². The van der Waals surface area contributed by atoms with E-state index in [1.807, 2.05) is 6.92 Å². The maximum atomic E-state index is 12.6. The summed E-state index contributed by atoms with van der Waals surface area (Å²) in [5, 5.41) is 0.712. The molecule has 21 heavy (non-hydrogen) atoms. The van der Waals surface area contributed by atoms with Crippen molar-refractivity contribution in [3.8, 4) is 0 Å². The Balaban J connectivity index is 1.81. The first-order chi connectivity index (χ1) is 10.2. The highest BCUT2D eigenvalue weighted by molar-refractivity contribution is 7.99. The molecule has 114 valence electrons. The maximum absolute atomic E-state index is 12.6. The van der Waals surface area contributed by atoms with E-state index in [-0.39, 0.29) is 17.0 Å². The number of carbonyl (C=O) groups is 1. The summed E-state index contributed by atoms with van der Waals surface area (Å²) in [5.41, 5.74) is -0.0295. The fourth-order valence-corrected chi connectivity index (χ4v) is 3.64. The molecule has 0 spiro atoms. The Hall–Kier alpha value is -1.34. The Kier molecular flexibility index (Phi) is 4.30. The van der Waals surface area contributed by atoms with Gasteiger partial charge in [-0.3, -0.25) is 14.2 Å². The first kappa shape index (κ1) is 14.6. The Morgan fingerprint density at radius 3 is 3.19 bits per heavy atom. The van der Waals surface area contributed by atoms with Crippen LogP contribution in [0.15, 0.2) is 16.1 Å². The number of ether oxygens (including phenoxy) is 1. The minimum atomic E-state index is -0.214. The molecule has 0 saturated carbocycles. The molecule has 0 unspecified atom stereocenters. The van der Waals surface area contributed by atoms with Crippen LogP contribution >= 0.6 is 11.8 Å². The van der Waals surface area contributed by atoms with Crippen LogP contribution in [0.3, 0.4) is 0 Å². The summed E-state index contributed by atoms with van der Waals surface area (Å²) >= 11 is 1.55. The zero-order valence-electron chi connectivity index (χ0n) is 12.1. The molecule has 1 amide bonds. The molecule has 1 saturated heterocycles. The number of hydrogen-bond donors (Lipinski definition) is 0. The molecule has 0 aromatic carbocycles. The second kappa shape index (κ2) is 6.19. The van der Waals surface area contributed by atoms with Crippen molar-refractivity contribution in [2.75, 3.05) is 32.1 Å². The summed E-state index contributed by atoms with van der Waals surface area (Å²) in [6, 6.07) is 0. The maximum Gasteiger partial charge on any atom is 0.267 e. The standard InChI is InChI=1S/C14H19N3O3S/c1-2-16(8-10-3-5-20-9-10)12(18)11-7-15-14-17(13(11)19)4-6-21-14/h7,10H,2-6,8-9H2,1H3/t10-/m1/s1. The lowest BCUT2D eigenvalue weighted by molar-refractivity contribution is 0.0727. The first-order valence-electron chi connectivity index (χ1n) is 7.30. The van der Waals surface area contributed by atoms with Crippen LogP contribution in [-0.4, -0.2) is 52.4 Å². The highest BCUT2D eigenvalue weighted by Gasteiger charge is 2.26. The van der Waals surface area contributed by atoms with Crippen molar-refractivity contribution in [3.63, 3.8) is 0 Å². The SMILES string of the molecule is CCN(C[C@H]1CCOC1)C(=O)c1cnc2n(c1=O)CCS2. The molecule has 3 heterocycles. The van der Waals surface area contributed by atoms with Crippen LogP contribution in [-0.2, 0) is 11.3 Å². The van der Waals surface area contributed by atoms with Crippen LogP contribution in [0, 0.1) is 5.92 Å². The lowest BCUT2D eigenvalue weighted by Gasteiger charge is -2.23. The van der Waals surface area contributed by atoms with Gasteiger partial charge in [0.2, 0.25) is 0 Å². The molecule has 3 rings (SSSR count). The molecule has 6 nitrogen and oxygen atoms in total. The Bertz CT molecular complexity index is 596. The molecular weight excluding hydrogens is 290 g/mol. The van der Waals surface area contributed by atoms with Crippen molar-refractivity contribution in [1.29, 1.82) is 0 Å². The van der Waals surface area contributed by atoms with E-state index >= 15 is 0 Å². The molecule has 2 aliphatic rings. The van der Waals surface area contributed by atoms with Gasteiger partial charge in [0.25, 0.3) is 11.5 Å². The van der Waals surface area contributed by atoms with Gasteiger partial charge in [-0.2, -0.15) is 0 Å². The molecule has 2 aliphatic heterocycles. The zero-order chi connectivity index (χ0) is 14.8. The molecular formula is C14H19N3O3S. The van der Waals surface area contributed by atoms with E-state index in [4.69, 9.17) is 4.74 Å². The first-order valence-corrected chi connectivity index (χ1v) is 8.29. The summed E-state index contributed by atoms with van der Waals surface area (Å²) in [5.74, 6) is 1.00. The number of fused-ring (bicyclic) bond motifs is 1. The number of hydrogen-bond acceptors (Lipinski definition) is 5. The highest BCUT2D eigenvalue weighted by atomic mass is 32.2. The molecule has 7 heteroatoms. The Labute approximate surface area is 127 Å². The van der Waals surface area contributed by atoms with Gasteiger partial charge in [0.1, 0.15) is 5.56 Å². The fraction of sp³-hybridized carbons (Fsp3) is 0.643. The van der Waals surface area contributed by atoms with Crippen LogP contribution in [0.5, 0.6) is 0 Å². The van der Waals surface area contributed by atoms with Crippen molar-refractivity contribution in [2.24, 2.45) is 5.92 Å². The average molecular weight is 309 g/mol. The summed E-state index contributed by atoms with van der Waals surface area (Å²) in [7, 11) is 0. The number of carbonyl (C=O) groups excluding carboxylic acids is 1. The van der Waals surface area contributed by atoms with Crippen molar-refractivity contribution >= 4 is 17.7 Å². The van der Waals surface area contributed by atoms with Crippen molar-refractivity contribution in [1.82, 2.24) is 14.5 Å². The van der Waals surface area contributed by atoms with Gasteiger partial charge in [-0.15, -0.1) is 0 Å². The number of amides is 1. The van der Waals surface area contributed by atoms with Gasteiger partial charge in [0.05, 0.1) is 6.61 Å². The predicted octanol–water partition coefficient (Wildman–Crippen LogP) is 0.848. The zero-order valence-corrected chi connectivity index (χ0v) is 12.9. The van der Waals surface area contributed by atoms with Crippen LogP contribution in [0.25, 0.3) is 0 Å². The van der Waals surface area contributed by atoms with Gasteiger partial charge in [-0.25, -0.2) is 4.98 Å². The molecule has 1 fully saturated rings. The van der Waals surface area contributed by atoms with E-state index in [0.29, 0.717) is 37.3 Å². The lowest BCUT2D eigenvalue weighted by atomic mass is 10.1. The van der Waals surface area contributed by atoms with E-state index in [1.165, 1.54) is 6.20 Å². The minimum Gasteiger partial charge on any atom is -0.381 e. The summed E-state index contributed by atoms with van der Waals surface area (Å²) in [6.07, 6.45) is 2.41. The van der Waals surface area contributed by atoms with E-state index < -0.39 is 0 Å². The lowest BCUT2D eigenvalue weighted by Crippen LogP contribution is -2.39. The summed E-state index contributed by atoms with van der Waals surface area (Å²) < 4.78 is 6.95. The second-order valence-electron chi connectivity index (χ2n) is 5.33. The third kappa shape index (κ3) is 2.85. The van der Waals surface area contributed by atoms with Crippen LogP contribution in [0.2, 0.25) is 0 Å². The molecule has 1 aromatic rings. The van der Waals surface area contributed by atoms with Crippen LogP contribution in [0.1, 0.15) is 23.7 Å². The second-order valence-corrected chi connectivity index (χ2v) is 6.40. The molecule has 0 N–H and O–H groups in total. The molecule has 0 aliphatic carbocycles. The predicted molar refractivity (Wildman–Crippen MR) is 79.7 cm³/mol. The molecule has 0 radical (unpaired) electrons. The Morgan fingerprint density at radius 1 is 1.62 bits per heavy atom. The third-order valence-electron chi connectivity index (χ3n) is 3.96. The van der Waals surface area contributed by atoms with Gasteiger partial charge in [-0.05, 0) is 13.3 Å². The smallest absolute Gasteiger partial charge is 0.267 e. The number of rotatable bonds is 4. The minimum absolute atomic E-state index is 0.182. The van der Waals surface area contributed by atoms with Gasteiger partial charge in [0.15, 0.2) is 5.16 Å². The summed E-state index contributed by atoms with van der Waals surface area (Å²) in [4.78, 5) is 31.0. The van der Waals surface area contributed by atoms with Crippen LogP contribution in [0.4, 0.5) is 0 Å². The van der Waals surface area contributed by atoms with Gasteiger partial charge < -0.3 is 9.64 Å². The van der Waals surface area contributed by atoms with Crippen molar-refractivity contribution in [3.05, 3.63) is 22.1 Å². The van der Waals surface area contributed by atoms with Gasteiger partial charge in [0, 0.05) is 44.1 Å². The van der Waals surface area contributed by atoms with E-state index in [1.54, 1.807) is 21.2 Å². The topological polar surface area (TPSA) is 64.4 Å². The van der Waals surface area contributed by atoms with Crippen molar-refractivity contribution in [2.45, 2.75) is 25.0 Å². The van der Waals surface area contributed by atoms with Crippen LogP contribution < -0.4 is 5.56 Å². The van der Waals surface area contributed by atoms with Gasteiger partial charge in [-0.1, -0.05) is 11.8 Å². The molecule has 1 aromatic heterocycles. The summed E-state index contributed by atoms with van der Waals surface area (Å²) in [6.45, 7) is 5.26. The molecule has 0 bridgehead atoms. The van der Waals surface area contributed by atoms with Gasteiger partial charge >= 0.3 is 0 Å². The average Bonchev–Trinajstić information content (AvgIpc) is 3.16. The third-order valence-corrected chi connectivity index (χ3v) is 4.93. The van der Waals surface area contributed by atoms with E-state index in [2.05, 4.69) is 4.98 Å². The largest absolute Gasteiger partial charge is 0.381 e. The normalized spacial score (nSPS) is 20.5. The number of aromatic nitrogens is 2. The number of thioether (sulfide) groups is 1. The molecule has 1 atom stereocenters. The highest BCUT2D eigenvalue weighted by Crippen LogP contribution is 2.21. The quantitative estimate of drug-likeness (QED) is 0.772.